The van der Waals surface area contributed by atoms with Gasteiger partial charge in [-0.1, -0.05) is 18.6 Å². The number of aliphatic hydroxyl groups is 1. The largest absolute Gasteiger partial charge is 0.462 e. The number of quaternary nitrogens is 1. The van der Waals surface area contributed by atoms with E-state index in [1.165, 1.54) is 25.7 Å². The van der Waals surface area contributed by atoms with Gasteiger partial charge in [0.05, 0.1) is 24.3 Å². The van der Waals surface area contributed by atoms with E-state index in [-0.39, 0.29) is 29.3 Å². The molecule has 0 aromatic carbocycles. The number of methoxy groups -OCH3 is 1. The zero-order valence-electron chi connectivity index (χ0n) is 18.5. The summed E-state index contributed by atoms with van der Waals surface area (Å²) in [7, 11) is 1.72. The predicted octanol–water partition coefficient (Wildman–Crippen LogP) is 2.72. The molecule has 0 bridgehead atoms. The molecule has 0 unspecified atom stereocenters. The monoisotopic (exact) mass is 406 g/mol. The fourth-order valence-electron chi connectivity index (χ4n) is 6.87. The van der Waals surface area contributed by atoms with Crippen LogP contribution in [0.3, 0.4) is 0 Å². The zero-order chi connectivity index (χ0) is 20.7. The Morgan fingerprint density at radius 1 is 1.24 bits per heavy atom. The summed E-state index contributed by atoms with van der Waals surface area (Å²) in [5, 5.41) is 14.2. The lowest BCUT2D eigenvalue weighted by Gasteiger charge is -2.61. The number of hydrogen-bond acceptors (Lipinski definition) is 4. The van der Waals surface area contributed by atoms with Crippen LogP contribution in [-0.4, -0.2) is 48.6 Å². The van der Waals surface area contributed by atoms with Crippen LogP contribution in [0.15, 0.2) is 11.6 Å². The topological polar surface area (TPSA) is 72.4 Å². The van der Waals surface area contributed by atoms with Crippen molar-refractivity contribution in [1.29, 1.82) is 0 Å². The summed E-state index contributed by atoms with van der Waals surface area (Å²) in [6.07, 6.45) is 12.8. The maximum atomic E-state index is 12.7. The fourth-order valence-corrected chi connectivity index (χ4v) is 6.87. The van der Waals surface area contributed by atoms with E-state index in [2.05, 4.69) is 25.2 Å². The van der Waals surface area contributed by atoms with E-state index in [1.807, 2.05) is 0 Å². The van der Waals surface area contributed by atoms with Crippen molar-refractivity contribution in [2.24, 2.45) is 17.3 Å². The van der Waals surface area contributed by atoms with E-state index < -0.39 is 11.2 Å². The first-order valence-corrected chi connectivity index (χ1v) is 11.8. The number of carbonyl (C=O) groups excluding carboxylic acids is 1. The second-order valence-electron chi connectivity index (χ2n) is 10.5. The third-order valence-electron chi connectivity index (χ3n) is 8.93. The Labute approximate surface area is 175 Å². The molecule has 0 spiro atoms. The van der Waals surface area contributed by atoms with E-state index in [0.29, 0.717) is 6.42 Å². The summed E-state index contributed by atoms with van der Waals surface area (Å²) in [6.45, 7) is 6.03. The first-order valence-electron chi connectivity index (χ1n) is 11.8. The van der Waals surface area contributed by atoms with E-state index in [9.17, 15) is 9.90 Å². The van der Waals surface area contributed by atoms with Crippen LogP contribution in [-0.2, 0) is 14.3 Å². The average Bonchev–Trinajstić information content (AvgIpc) is 2.99. The van der Waals surface area contributed by atoms with Gasteiger partial charge in [0.15, 0.2) is 0 Å². The minimum atomic E-state index is -0.909. The van der Waals surface area contributed by atoms with Crippen molar-refractivity contribution in [3.63, 3.8) is 0 Å². The normalized spacial score (nSPS) is 44.6. The number of ether oxygens (including phenoxy) is 2. The van der Waals surface area contributed by atoms with Crippen molar-refractivity contribution in [2.45, 2.75) is 95.4 Å². The molecule has 1 heterocycles. The lowest BCUT2D eigenvalue weighted by molar-refractivity contribution is -0.658. The van der Waals surface area contributed by atoms with Gasteiger partial charge in [-0.05, 0) is 64.7 Å². The van der Waals surface area contributed by atoms with Crippen LogP contribution in [0.25, 0.3) is 0 Å². The Balaban J connectivity index is 1.42. The number of hydrogen-bond donors (Lipinski definition) is 2. The molecule has 0 radical (unpaired) electrons. The van der Waals surface area contributed by atoms with Crippen molar-refractivity contribution in [2.75, 3.05) is 20.2 Å². The number of carbonyl (C=O) groups is 1. The maximum Gasteiger partial charge on any atom is 0.315 e. The molecule has 5 nitrogen and oxygen atoms in total. The van der Waals surface area contributed by atoms with Gasteiger partial charge in [-0.25, -0.2) is 0 Å². The molecule has 1 aliphatic heterocycles. The number of nitrogens with two attached hydrogens (primary N) is 1. The molecule has 5 heteroatoms. The molecule has 3 fully saturated rings. The first-order chi connectivity index (χ1) is 13.8. The summed E-state index contributed by atoms with van der Waals surface area (Å²) < 4.78 is 11.8. The third kappa shape index (κ3) is 3.57. The minimum Gasteiger partial charge on any atom is -0.462 e. The number of esters is 1. The van der Waals surface area contributed by atoms with Gasteiger partial charge in [0.1, 0.15) is 12.0 Å². The molecule has 164 valence electrons. The highest BCUT2D eigenvalue weighted by Crippen LogP contribution is 2.61. The molecule has 1 saturated heterocycles. The molecule has 3 N–H and O–H groups in total. The number of allylic oxidation sites excluding steroid dienone is 1. The van der Waals surface area contributed by atoms with Crippen LogP contribution in [0.1, 0.15) is 78.1 Å². The van der Waals surface area contributed by atoms with Crippen LogP contribution >= 0.6 is 0 Å². The van der Waals surface area contributed by atoms with Crippen LogP contribution < -0.4 is 5.32 Å². The fraction of sp³-hybridized carbons (Fsp3) is 0.875. The van der Waals surface area contributed by atoms with E-state index >= 15 is 0 Å². The van der Waals surface area contributed by atoms with Gasteiger partial charge in [-0.2, -0.15) is 0 Å². The van der Waals surface area contributed by atoms with E-state index in [1.54, 1.807) is 12.7 Å². The highest BCUT2D eigenvalue weighted by Gasteiger charge is 2.67. The number of fused-ring (bicyclic) bond motifs is 2. The van der Waals surface area contributed by atoms with Crippen molar-refractivity contribution < 1.29 is 24.7 Å². The van der Waals surface area contributed by atoms with Crippen molar-refractivity contribution in [3.8, 4) is 0 Å². The summed E-state index contributed by atoms with van der Waals surface area (Å²) in [5.74, 6) is -0.0756. The average molecular weight is 407 g/mol. The van der Waals surface area contributed by atoms with E-state index in [4.69, 9.17) is 9.47 Å². The minimum absolute atomic E-state index is 0.0496. The Hall–Kier alpha value is -0.910. The summed E-state index contributed by atoms with van der Waals surface area (Å²) in [5.41, 5.74) is -0.144. The molecule has 2 saturated carbocycles. The van der Waals surface area contributed by atoms with Crippen molar-refractivity contribution in [1.82, 2.24) is 0 Å². The van der Waals surface area contributed by atoms with E-state index in [0.717, 1.165) is 45.2 Å². The number of rotatable bonds is 6. The molecular weight excluding hydrogens is 366 g/mol. The Morgan fingerprint density at radius 2 is 2.07 bits per heavy atom. The molecule has 0 amide bonds. The SMILES string of the molecule is CO[C@]1(C)CCC[C@]2(C)C[C@H]3OC(=O)[C@@H](C[NH2+]CCC4=CCCCC4)[C@H]3C[C@]21O. The summed E-state index contributed by atoms with van der Waals surface area (Å²) >= 11 is 0. The third-order valence-corrected chi connectivity index (χ3v) is 8.93. The van der Waals surface area contributed by atoms with Crippen LogP contribution in [0.2, 0.25) is 0 Å². The highest BCUT2D eigenvalue weighted by molar-refractivity contribution is 5.75. The van der Waals surface area contributed by atoms with Gasteiger partial charge in [0.2, 0.25) is 0 Å². The maximum absolute atomic E-state index is 12.7. The second kappa shape index (κ2) is 7.97. The van der Waals surface area contributed by atoms with Crippen LogP contribution in [0.5, 0.6) is 0 Å². The standard InChI is InChI=1S/C24H39NO4/c1-22-11-7-12-23(2,28-3)24(22,27)14-18-19(21(26)29-20(18)15-22)16-25-13-10-17-8-5-4-6-9-17/h8,18-20,25,27H,4-7,9-16H2,1-3H3/p+1/t18-,19+,20-,22-,23-,24+/m1/s1. The van der Waals surface area contributed by atoms with Gasteiger partial charge < -0.3 is 19.9 Å². The van der Waals surface area contributed by atoms with Crippen molar-refractivity contribution >= 4 is 5.97 Å². The van der Waals surface area contributed by atoms with Gasteiger partial charge in [0, 0.05) is 24.9 Å². The van der Waals surface area contributed by atoms with Gasteiger partial charge in [-0.3, -0.25) is 4.79 Å². The van der Waals surface area contributed by atoms with Gasteiger partial charge in [-0.15, -0.1) is 0 Å². The summed E-state index contributed by atoms with van der Waals surface area (Å²) in [6, 6.07) is 0. The predicted molar refractivity (Wildman–Crippen MR) is 111 cm³/mol. The molecule has 4 aliphatic rings. The Bertz CT molecular complexity index is 663. The lowest BCUT2D eigenvalue weighted by atomic mass is 9.49. The van der Waals surface area contributed by atoms with Crippen molar-refractivity contribution in [3.05, 3.63) is 11.6 Å². The molecule has 29 heavy (non-hydrogen) atoms. The second-order valence-corrected chi connectivity index (χ2v) is 10.5. The highest BCUT2D eigenvalue weighted by atomic mass is 16.6. The zero-order valence-corrected chi connectivity index (χ0v) is 18.5. The first kappa shape index (κ1) is 21.3. The Kier molecular flexibility index (Phi) is 5.86. The van der Waals surface area contributed by atoms with Crippen LogP contribution in [0, 0.1) is 17.3 Å². The molecule has 4 rings (SSSR count). The molecular formula is C24H40NO4+. The van der Waals surface area contributed by atoms with Crippen LogP contribution in [0.4, 0.5) is 0 Å². The quantitative estimate of drug-likeness (QED) is 0.404. The summed E-state index contributed by atoms with van der Waals surface area (Å²) in [4.78, 5) is 12.7. The van der Waals surface area contributed by atoms with Gasteiger partial charge >= 0.3 is 5.97 Å². The molecule has 0 aromatic rings. The molecule has 3 aliphatic carbocycles. The smallest absolute Gasteiger partial charge is 0.315 e. The van der Waals surface area contributed by atoms with Gasteiger partial charge in [0.25, 0.3) is 0 Å². The Morgan fingerprint density at radius 3 is 2.79 bits per heavy atom. The molecule has 6 atom stereocenters. The molecule has 0 aromatic heterocycles. The lowest BCUT2D eigenvalue weighted by Crippen LogP contribution is -2.86.